The van der Waals surface area contributed by atoms with Crippen molar-refractivity contribution < 1.29 is 18.3 Å². The summed E-state index contributed by atoms with van der Waals surface area (Å²) < 4.78 is 29.1. The van der Waals surface area contributed by atoms with Crippen LogP contribution in [0.15, 0.2) is 42.6 Å². The third-order valence-corrected chi connectivity index (χ3v) is 9.33. The third kappa shape index (κ3) is 5.17. The molecule has 3 N–H and O–H groups in total. The number of carbonyl (C=O) groups is 1. The first-order chi connectivity index (χ1) is 17.8. The highest BCUT2D eigenvalue weighted by atomic mass is 32.2. The minimum absolute atomic E-state index is 0.242. The van der Waals surface area contributed by atoms with Gasteiger partial charge in [0.15, 0.2) is 0 Å². The molecular weight excluding hydrogens is 490 g/mol. The predicted octanol–water partition coefficient (Wildman–Crippen LogP) is 3.81. The molecule has 3 aromatic rings. The summed E-state index contributed by atoms with van der Waals surface area (Å²) >= 11 is 0. The van der Waals surface area contributed by atoms with Gasteiger partial charge in [0, 0.05) is 25.0 Å². The van der Waals surface area contributed by atoms with E-state index in [9.17, 15) is 13.2 Å². The molecule has 3 aliphatic rings. The zero-order valence-corrected chi connectivity index (χ0v) is 21.6. The lowest BCUT2D eigenvalue weighted by Crippen LogP contribution is -2.35. The van der Waals surface area contributed by atoms with Crippen molar-refractivity contribution in [2.24, 2.45) is 11.3 Å². The van der Waals surface area contributed by atoms with Gasteiger partial charge < -0.3 is 15.3 Å². The molecule has 1 aromatic heterocycles. The zero-order chi connectivity index (χ0) is 25.6. The highest BCUT2D eigenvalue weighted by molar-refractivity contribution is 7.92. The fourth-order valence-electron chi connectivity index (χ4n) is 5.39. The van der Waals surface area contributed by atoms with Gasteiger partial charge in [-0.05, 0) is 80.2 Å². The van der Waals surface area contributed by atoms with E-state index in [4.69, 9.17) is 5.11 Å². The molecule has 2 aliphatic carbocycles. The number of piperidine rings is 1. The quantitative estimate of drug-likeness (QED) is 0.393. The van der Waals surface area contributed by atoms with Gasteiger partial charge in [-0.3, -0.25) is 14.2 Å². The highest BCUT2D eigenvalue weighted by Crippen LogP contribution is 2.54. The van der Waals surface area contributed by atoms with E-state index in [2.05, 4.69) is 20.0 Å². The van der Waals surface area contributed by atoms with Crippen LogP contribution in [0.25, 0.3) is 10.9 Å². The van der Waals surface area contributed by atoms with Crippen molar-refractivity contribution in [2.45, 2.75) is 45.1 Å². The Hall–Kier alpha value is -3.11. The summed E-state index contributed by atoms with van der Waals surface area (Å²) in [6.45, 7) is 2.10. The number of benzene rings is 2. The molecule has 6 rings (SSSR count). The number of aromatic nitrogens is 2. The maximum Gasteiger partial charge on any atom is 0.257 e. The van der Waals surface area contributed by atoms with E-state index in [1.54, 1.807) is 18.2 Å². The summed E-state index contributed by atoms with van der Waals surface area (Å²) in [6, 6.07) is 10.9. The Morgan fingerprint density at radius 3 is 2.59 bits per heavy atom. The molecule has 1 spiro atoms. The molecule has 2 heterocycles. The van der Waals surface area contributed by atoms with Gasteiger partial charge in [-0.2, -0.15) is 5.10 Å². The number of rotatable bonds is 9. The summed E-state index contributed by atoms with van der Waals surface area (Å²) in [6.07, 6.45) is 8.99. The van der Waals surface area contributed by atoms with Gasteiger partial charge in [0.1, 0.15) is 0 Å². The SMILES string of the molecule is O=C(Nc1cccc2c1cnn2CC1CC1)c1ccc(NS(=O)(=O)CCO)cc1N1CCC2(CC1)CC2. The Kier molecular flexibility index (Phi) is 6.11. The second-order valence-corrected chi connectivity index (χ2v) is 12.7. The number of hydrogen-bond acceptors (Lipinski definition) is 6. The molecule has 196 valence electrons. The van der Waals surface area contributed by atoms with Gasteiger partial charge in [0.2, 0.25) is 10.0 Å². The van der Waals surface area contributed by atoms with Crippen LogP contribution in [0, 0.1) is 11.3 Å². The minimum atomic E-state index is -3.68. The molecule has 0 atom stereocenters. The summed E-state index contributed by atoms with van der Waals surface area (Å²) in [5.41, 5.74) is 3.78. The van der Waals surface area contributed by atoms with E-state index in [1.165, 1.54) is 25.7 Å². The van der Waals surface area contributed by atoms with Crippen LogP contribution in [0.3, 0.4) is 0 Å². The number of aliphatic hydroxyl groups excluding tert-OH is 1. The van der Waals surface area contributed by atoms with Crippen LogP contribution in [0.4, 0.5) is 17.1 Å². The standard InChI is InChI=1S/C27H33N5O4S/c33-14-15-37(35,36)30-20-6-7-21(25(16-20)31-12-10-27(8-9-27)11-13-31)26(34)29-23-2-1-3-24-22(23)17-28-32(24)18-19-4-5-19/h1-3,6-7,16-17,19,30,33H,4-5,8-15,18H2,(H,29,34). The van der Waals surface area contributed by atoms with E-state index in [0.29, 0.717) is 34.0 Å². The molecule has 1 amide bonds. The molecule has 2 saturated carbocycles. The van der Waals surface area contributed by atoms with Gasteiger partial charge in [0.05, 0.1) is 46.7 Å². The molecule has 0 radical (unpaired) electrons. The van der Waals surface area contributed by atoms with E-state index < -0.39 is 16.6 Å². The van der Waals surface area contributed by atoms with Crippen LogP contribution in [0.2, 0.25) is 0 Å². The van der Waals surface area contributed by atoms with Crippen molar-refractivity contribution in [1.29, 1.82) is 0 Å². The first-order valence-electron chi connectivity index (χ1n) is 13.1. The Morgan fingerprint density at radius 2 is 1.89 bits per heavy atom. The van der Waals surface area contributed by atoms with Crippen LogP contribution >= 0.6 is 0 Å². The monoisotopic (exact) mass is 523 g/mol. The zero-order valence-electron chi connectivity index (χ0n) is 20.8. The average Bonchev–Trinajstić information content (AvgIpc) is 3.79. The maximum atomic E-state index is 13.6. The largest absolute Gasteiger partial charge is 0.395 e. The maximum absolute atomic E-state index is 13.6. The molecule has 2 aromatic carbocycles. The number of sulfonamides is 1. The molecule has 3 fully saturated rings. The predicted molar refractivity (Wildman–Crippen MR) is 144 cm³/mol. The second-order valence-electron chi connectivity index (χ2n) is 10.8. The summed E-state index contributed by atoms with van der Waals surface area (Å²) in [4.78, 5) is 15.8. The van der Waals surface area contributed by atoms with Crippen molar-refractivity contribution in [3.05, 3.63) is 48.2 Å². The van der Waals surface area contributed by atoms with Crippen LogP contribution in [0.5, 0.6) is 0 Å². The van der Waals surface area contributed by atoms with Gasteiger partial charge in [-0.15, -0.1) is 0 Å². The highest BCUT2D eigenvalue weighted by Gasteiger charge is 2.44. The van der Waals surface area contributed by atoms with Crippen LogP contribution in [-0.2, 0) is 16.6 Å². The number of fused-ring (bicyclic) bond motifs is 1. The van der Waals surface area contributed by atoms with E-state index in [-0.39, 0.29) is 11.7 Å². The lowest BCUT2D eigenvalue weighted by atomic mass is 9.93. The molecule has 0 unspecified atom stereocenters. The summed E-state index contributed by atoms with van der Waals surface area (Å²) in [7, 11) is -3.68. The fraction of sp³-hybridized carbons (Fsp3) is 0.481. The number of nitrogens with one attached hydrogen (secondary N) is 2. The van der Waals surface area contributed by atoms with Crippen molar-refractivity contribution in [2.75, 3.05) is 40.4 Å². The Labute approximate surface area is 216 Å². The first kappa shape index (κ1) is 24.2. The van der Waals surface area contributed by atoms with E-state index >= 15 is 0 Å². The minimum Gasteiger partial charge on any atom is -0.395 e. The average molecular weight is 524 g/mol. The van der Waals surface area contributed by atoms with Crippen LogP contribution < -0.4 is 14.9 Å². The molecule has 1 aliphatic heterocycles. The fourth-order valence-corrected chi connectivity index (χ4v) is 6.22. The Balaban J connectivity index is 1.29. The number of carbonyl (C=O) groups excluding carboxylic acids is 1. The second kappa shape index (κ2) is 9.33. The Bertz CT molecular complexity index is 1430. The van der Waals surface area contributed by atoms with Crippen molar-refractivity contribution in [3.63, 3.8) is 0 Å². The van der Waals surface area contributed by atoms with E-state index in [1.807, 2.05) is 29.1 Å². The van der Waals surface area contributed by atoms with Gasteiger partial charge in [-0.25, -0.2) is 8.42 Å². The topological polar surface area (TPSA) is 117 Å². The number of hydrogen-bond donors (Lipinski definition) is 3. The van der Waals surface area contributed by atoms with Crippen LogP contribution in [0.1, 0.15) is 48.9 Å². The van der Waals surface area contributed by atoms with Gasteiger partial charge in [-0.1, -0.05) is 6.07 Å². The van der Waals surface area contributed by atoms with Crippen molar-refractivity contribution in [3.8, 4) is 0 Å². The molecule has 10 heteroatoms. The Morgan fingerprint density at radius 1 is 1.11 bits per heavy atom. The van der Waals surface area contributed by atoms with Crippen molar-refractivity contribution >= 4 is 43.9 Å². The third-order valence-electron chi connectivity index (χ3n) is 8.06. The van der Waals surface area contributed by atoms with Gasteiger partial charge in [0.25, 0.3) is 5.91 Å². The van der Waals surface area contributed by atoms with Gasteiger partial charge >= 0.3 is 0 Å². The lowest BCUT2D eigenvalue weighted by molar-refractivity contribution is 0.102. The number of nitrogens with zero attached hydrogens (tertiary/aromatic N) is 3. The molecule has 0 bridgehead atoms. The summed E-state index contributed by atoms with van der Waals surface area (Å²) in [5.74, 6) is 0.0698. The molecular formula is C27H33N5O4S. The number of aliphatic hydroxyl groups is 1. The van der Waals surface area contributed by atoms with E-state index in [0.717, 1.165) is 43.4 Å². The summed E-state index contributed by atoms with van der Waals surface area (Å²) in [5, 5.41) is 17.6. The smallest absolute Gasteiger partial charge is 0.257 e. The molecule has 9 nitrogen and oxygen atoms in total. The molecule has 37 heavy (non-hydrogen) atoms. The van der Waals surface area contributed by atoms with Crippen LogP contribution in [-0.4, -0.2) is 54.7 Å². The first-order valence-corrected chi connectivity index (χ1v) is 14.8. The molecule has 1 saturated heterocycles. The number of amides is 1. The number of anilines is 3. The lowest BCUT2D eigenvalue weighted by Gasteiger charge is -2.35. The normalized spacial score (nSPS) is 18.8. The van der Waals surface area contributed by atoms with Crippen molar-refractivity contribution in [1.82, 2.24) is 9.78 Å².